The van der Waals surface area contributed by atoms with Crippen LogP contribution in [0, 0.1) is 19.8 Å². The summed E-state index contributed by atoms with van der Waals surface area (Å²) < 4.78 is 2.11. The van der Waals surface area contributed by atoms with Gasteiger partial charge in [0, 0.05) is 23.8 Å². The summed E-state index contributed by atoms with van der Waals surface area (Å²) in [4.78, 5) is 2.43. The molecule has 1 N–H and O–H groups in total. The smallest absolute Gasteiger partial charge is 0.0644 e. The average Bonchev–Trinajstić information content (AvgIpc) is 2.72. The lowest BCUT2D eigenvalue weighted by Gasteiger charge is -2.30. The molecule has 0 amide bonds. The highest BCUT2D eigenvalue weighted by atomic mass is 15.3. The van der Waals surface area contributed by atoms with Crippen LogP contribution in [0.4, 0.5) is 0 Å². The summed E-state index contributed by atoms with van der Waals surface area (Å²) >= 11 is 0. The molecule has 4 nitrogen and oxygen atoms in total. The monoisotopic (exact) mass is 278 g/mol. The quantitative estimate of drug-likeness (QED) is 0.898. The molecule has 1 aliphatic heterocycles. The van der Waals surface area contributed by atoms with E-state index in [4.69, 9.17) is 0 Å². The second kappa shape index (κ2) is 6.72. The normalized spacial score (nSPS) is 19.4. The molecule has 0 saturated carbocycles. The van der Waals surface area contributed by atoms with E-state index >= 15 is 0 Å². The van der Waals surface area contributed by atoms with Gasteiger partial charge in [-0.1, -0.05) is 0 Å². The summed E-state index contributed by atoms with van der Waals surface area (Å²) in [5.41, 5.74) is 3.88. The minimum absolute atomic E-state index is 0.398. The lowest BCUT2D eigenvalue weighted by Crippen LogP contribution is -2.35. The van der Waals surface area contributed by atoms with Gasteiger partial charge in [0.05, 0.1) is 5.69 Å². The van der Waals surface area contributed by atoms with Gasteiger partial charge in [-0.25, -0.2) is 0 Å². The van der Waals surface area contributed by atoms with Gasteiger partial charge >= 0.3 is 0 Å². The van der Waals surface area contributed by atoms with E-state index in [1.165, 1.54) is 42.9 Å². The van der Waals surface area contributed by atoms with Gasteiger partial charge in [-0.05, 0) is 73.1 Å². The molecular weight excluding hydrogens is 248 g/mol. The van der Waals surface area contributed by atoms with Crippen LogP contribution in [0.2, 0.25) is 0 Å². The fourth-order valence-corrected chi connectivity index (χ4v) is 3.36. The summed E-state index contributed by atoms with van der Waals surface area (Å²) in [6.45, 7) is 13.3. The largest absolute Gasteiger partial charge is 0.310 e. The summed E-state index contributed by atoms with van der Waals surface area (Å²) in [5, 5.41) is 8.36. The first-order valence-corrected chi connectivity index (χ1v) is 7.98. The topological polar surface area (TPSA) is 33.1 Å². The Labute approximate surface area is 123 Å². The maximum atomic E-state index is 4.62. The molecule has 1 atom stereocenters. The summed E-state index contributed by atoms with van der Waals surface area (Å²) in [6.07, 6.45) is 2.64. The van der Waals surface area contributed by atoms with Crippen molar-refractivity contribution in [3.05, 3.63) is 17.0 Å². The van der Waals surface area contributed by atoms with Crippen molar-refractivity contribution in [3.63, 3.8) is 0 Å². The number of aromatic nitrogens is 2. The molecule has 2 rings (SSSR count). The first-order chi connectivity index (χ1) is 9.52. The second-order valence-corrected chi connectivity index (χ2v) is 6.28. The van der Waals surface area contributed by atoms with Crippen molar-refractivity contribution < 1.29 is 0 Å². The Morgan fingerprint density at radius 3 is 2.50 bits per heavy atom. The number of hydrogen-bond acceptors (Lipinski definition) is 3. The SMILES string of the molecule is CCn1nc(C)c(C(C)NCC2CCN(C)CC2)c1C. The van der Waals surface area contributed by atoms with Crippen molar-refractivity contribution in [2.24, 2.45) is 5.92 Å². The number of rotatable bonds is 5. The third kappa shape index (κ3) is 3.41. The molecule has 0 aliphatic carbocycles. The summed E-state index contributed by atoms with van der Waals surface area (Å²) in [5.74, 6) is 0.829. The van der Waals surface area contributed by atoms with Crippen molar-refractivity contribution in [2.45, 2.75) is 53.1 Å². The van der Waals surface area contributed by atoms with Gasteiger partial charge in [0.1, 0.15) is 0 Å². The van der Waals surface area contributed by atoms with Crippen LogP contribution in [0.3, 0.4) is 0 Å². The Bertz CT molecular complexity index is 430. The van der Waals surface area contributed by atoms with Gasteiger partial charge < -0.3 is 10.2 Å². The predicted molar refractivity (Wildman–Crippen MR) is 84.0 cm³/mol. The van der Waals surface area contributed by atoms with Gasteiger partial charge in [-0.2, -0.15) is 5.10 Å². The Morgan fingerprint density at radius 1 is 1.30 bits per heavy atom. The third-order valence-corrected chi connectivity index (χ3v) is 4.72. The van der Waals surface area contributed by atoms with Gasteiger partial charge in [-0.15, -0.1) is 0 Å². The molecule has 1 saturated heterocycles. The highest BCUT2D eigenvalue weighted by molar-refractivity contribution is 5.27. The Balaban J connectivity index is 1.92. The minimum Gasteiger partial charge on any atom is -0.310 e. The van der Waals surface area contributed by atoms with Crippen LogP contribution in [-0.2, 0) is 6.54 Å². The van der Waals surface area contributed by atoms with Crippen molar-refractivity contribution in [2.75, 3.05) is 26.7 Å². The van der Waals surface area contributed by atoms with E-state index < -0.39 is 0 Å². The molecule has 0 aromatic carbocycles. The van der Waals surface area contributed by atoms with Crippen LogP contribution in [0.1, 0.15) is 49.7 Å². The Kier molecular flexibility index (Phi) is 5.22. The van der Waals surface area contributed by atoms with E-state index in [0.717, 1.165) is 19.0 Å². The standard InChI is InChI=1S/C16H30N4/c1-6-20-14(4)16(13(3)18-20)12(2)17-11-15-7-9-19(5)10-8-15/h12,15,17H,6-11H2,1-5H3. The Hall–Kier alpha value is -0.870. The molecule has 1 fully saturated rings. The first kappa shape index (κ1) is 15.5. The number of piperidine rings is 1. The fourth-order valence-electron chi connectivity index (χ4n) is 3.36. The first-order valence-electron chi connectivity index (χ1n) is 7.98. The van der Waals surface area contributed by atoms with E-state index in [1.807, 2.05) is 0 Å². The van der Waals surface area contributed by atoms with Crippen LogP contribution in [-0.4, -0.2) is 41.4 Å². The van der Waals surface area contributed by atoms with Crippen LogP contribution < -0.4 is 5.32 Å². The van der Waals surface area contributed by atoms with Crippen LogP contribution in [0.15, 0.2) is 0 Å². The highest BCUT2D eigenvalue weighted by Crippen LogP contribution is 2.22. The molecule has 1 aromatic heterocycles. The molecule has 1 aliphatic rings. The maximum Gasteiger partial charge on any atom is 0.0644 e. The number of aryl methyl sites for hydroxylation is 2. The number of likely N-dealkylation sites (tertiary alicyclic amines) is 1. The zero-order valence-electron chi connectivity index (χ0n) is 13.7. The van der Waals surface area contributed by atoms with Gasteiger partial charge in [0.2, 0.25) is 0 Å². The van der Waals surface area contributed by atoms with E-state index in [9.17, 15) is 0 Å². The van der Waals surface area contributed by atoms with Crippen molar-refractivity contribution >= 4 is 0 Å². The molecule has 0 radical (unpaired) electrons. The fraction of sp³-hybridized carbons (Fsp3) is 0.812. The van der Waals surface area contributed by atoms with Crippen molar-refractivity contribution in [1.29, 1.82) is 0 Å². The molecule has 20 heavy (non-hydrogen) atoms. The third-order valence-electron chi connectivity index (χ3n) is 4.72. The highest BCUT2D eigenvalue weighted by Gasteiger charge is 2.20. The molecule has 4 heteroatoms. The van der Waals surface area contributed by atoms with Crippen LogP contribution in [0.5, 0.6) is 0 Å². The predicted octanol–water partition coefficient (Wildman–Crippen LogP) is 2.51. The molecular formula is C16H30N4. The molecule has 1 unspecified atom stereocenters. The lowest BCUT2D eigenvalue weighted by molar-refractivity contribution is 0.213. The van der Waals surface area contributed by atoms with Crippen LogP contribution in [0.25, 0.3) is 0 Å². The molecule has 2 heterocycles. The summed E-state index contributed by atoms with van der Waals surface area (Å²) in [6, 6.07) is 0.398. The van der Waals surface area contributed by atoms with Crippen molar-refractivity contribution in [1.82, 2.24) is 20.0 Å². The van der Waals surface area contributed by atoms with Crippen molar-refractivity contribution in [3.8, 4) is 0 Å². The molecule has 114 valence electrons. The number of nitrogens with zero attached hydrogens (tertiary/aromatic N) is 3. The Morgan fingerprint density at radius 2 is 1.95 bits per heavy atom. The van der Waals surface area contributed by atoms with E-state index in [0.29, 0.717) is 6.04 Å². The maximum absolute atomic E-state index is 4.62. The molecule has 0 bridgehead atoms. The lowest BCUT2D eigenvalue weighted by atomic mass is 9.96. The van der Waals surface area contributed by atoms with E-state index in [-0.39, 0.29) is 0 Å². The van der Waals surface area contributed by atoms with Crippen LogP contribution >= 0.6 is 0 Å². The van der Waals surface area contributed by atoms with E-state index in [2.05, 4.69) is 54.7 Å². The van der Waals surface area contributed by atoms with E-state index in [1.54, 1.807) is 0 Å². The zero-order chi connectivity index (χ0) is 14.7. The zero-order valence-corrected chi connectivity index (χ0v) is 13.7. The minimum atomic E-state index is 0.398. The number of hydrogen-bond donors (Lipinski definition) is 1. The van der Waals surface area contributed by atoms with Gasteiger partial charge in [0.25, 0.3) is 0 Å². The second-order valence-electron chi connectivity index (χ2n) is 6.28. The molecule has 0 spiro atoms. The average molecular weight is 278 g/mol. The summed E-state index contributed by atoms with van der Waals surface area (Å²) in [7, 11) is 2.22. The van der Waals surface area contributed by atoms with Gasteiger partial charge in [0.15, 0.2) is 0 Å². The molecule has 1 aromatic rings. The number of nitrogens with one attached hydrogen (secondary N) is 1. The van der Waals surface area contributed by atoms with Gasteiger partial charge in [-0.3, -0.25) is 4.68 Å².